The molecule has 2 aliphatic rings. The number of amides is 1. The van der Waals surface area contributed by atoms with Gasteiger partial charge in [-0.15, -0.1) is 0 Å². The molecule has 4 nitrogen and oxygen atoms in total. The number of carbonyl (C=O) groups is 1. The molecule has 2 heterocycles. The fourth-order valence-electron chi connectivity index (χ4n) is 2.82. The first-order valence-electron chi connectivity index (χ1n) is 6.98. The molecule has 1 aromatic rings. The molecular formula is C15H20N2O2. The minimum absolute atomic E-state index is 0.0759. The maximum atomic E-state index is 12.4. The summed E-state index contributed by atoms with van der Waals surface area (Å²) in [5, 5.41) is 3.31. The number of ether oxygens (including phenoxy) is 1. The molecule has 1 amide bonds. The Morgan fingerprint density at radius 2 is 2.42 bits per heavy atom. The van der Waals surface area contributed by atoms with Crippen molar-refractivity contribution in [2.24, 2.45) is 0 Å². The maximum absolute atomic E-state index is 12.4. The fourth-order valence-corrected chi connectivity index (χ4v) is 2.82. The Morgan fingerprint density at radius 3 is 3.21 bits per heavy atom. The van der Waals surface area contributed by atoms with Crippen molar-refractivity contribution >= 4 is 11.6 Å². The van der Waals surface area contributed by atoms with Crippen LogP contribution in [0.15, 0.2) is 18.2 Å². The lowest BCUT2D eigenvalue weighted by molar-refractivity contribution is 0.0587. The third kappa shape index (κ3) is 2.59. The van der Waals surface area contributed by atoms with Crippen molar-refractivity contribution in [3.05, 3.63) is 29.3 Å². The quantitative estimate of drug-likeness (QED) is 0.902. The lowest BCUT2D eigenvalue weighted by Crippen LogP contribution is -2.34. The number of hydrogen-bond acceptors (Lipinski definition) is 3. The standard InChI is InChI=1S/C15H20N2O2/c1-17(10-13-3-2-8-19-13)15(18)12-5-4-11-6-7-16-14(11)9-12/h4-5,9,13,16H,2-3,6-8,10H2,1H3. The average molecular weight is 260 g/mol. The topological polar surface area (TPSA) is 41.6 Å². The number of hydrogen-bond donors (Lipinski definition) is 1. The summed E-state index contributed by atoms with van der Waals surface area (Å²) >= 11 is 0. The lowest BCUT2D eigenvalue weighted by atomic mass is 10.1. The highest BCUT2D eigenvalue weighted by Gasteiger charge is 2.21. The van der Waals surface area contributed by atoms with E-state index in [0.29, 0.717) is 6.54 Å². The summed E-state index contributed by atoms with van der Waals surface area (Å²) in [5.74, 6) is 0.0759. The van der Waals surface area contributed by atoms with Crippen molar-refractivity contribution in [1.29, 1.82) is 0 Å². The normalized spacial score (nSPS) is 21.0. The number of benzene rings is 1. The van der Waals surface area contributed by atoms with E-state index >= 15 is 0 Å². The van der Waals surface area contributed by atoms with Gasteiger partial charge in [-0.05, 0) is 37.0 Å². The van der Waals surface area contributed by atoms with Gasteiger partial charge in [-0.2, -0.15) is 0 Å². The molecule has 0 bridgehead atoms. The van der Waals surface area contributed by atoms with Crippen molar-refractivity contribution in [3.63, 3.8) is 0 Å². The summed E-state index contributed by atoms with van der Waals surface area (Å²) < 4.78 is 5.58. The molecule has 4 heteroatoms. The Bertz CT molecular complexity index is 481. The van der Waals surface area contributed by atoms with Crippen LogP contribution in [-0.4, -0.2) is 43.7 Å². The first-order chi connectivity index (χ1) is 9.24. The Labute approximate surface area is 113 Å². The molecule has 0 spiro atoms. The monoisotopic (exact) mass is 260 g/mol. The summed E-state index contributed by atoms with van der Waals surface area (Å²) in [4.78, 5) is 14.1. The number of rotatable bonds is 3. The van der Waals surface area contributed by atoms with Crippen LogP contribution in [0.1, 0.15) is 28.8 Å². The molecule has 102 valence electrons. The van der Waals surface area contributed by atoms with Crippen molar-refractivity contribution in [3.8, 4) is 0 Å². The second-order valence-corrected chi connectivity index (χ2v) is 5.37. The highest BCUT2D eigenvalue weighted by Crippen LogP contribution is 2.24. The van der Waals surface area contributed by atoms with E-state index in [9.17, 15) is 4.79 Å². The number of likely N-dealkylation sites (N-methyl/N-ethyl adjacent to an activating group) is 1. The van der Waals surface area contributed by atoms with E-state index in [1.165, 1.54) is 5.56 Å². The molecule has 1 atom stereocenters. The van der Waals surface area contributed by atoms with Gasteiger partial charge < -0.3 is 15.0 Å². The molecule has 0 radical (unpaired) electrons. The van der Waals surface area contributed by atoms with Gasteiger partial charge in [0, 0.05) is 38.0 Å². The molecule has 2 aliphatic heterocycles. The molecule has 0 saturated carbocycles. The largest absolute Gasteiger partial charge is 0.384 e. The van der Waals surface area contributed by atoms with E-state index in [2.05, 4.69) is 11.4 Å². The van der Waals surface area contributed by atoms with E-state index in [0.717, 1.165) is 43.7 Å². The van der Waals surface area contributed by atoms with Crippen molar-refractivity contribution in [2.75, 3.05) is 32.1 Å². The van der Waals surface area contributed by atoms with Crippen molar-refractivity contribution in [1.82, 2.24) is 4.90 Å². The Morgan fingerprint density at radius 1 is 1.53 bits per heavy atom. The molecular weight excluding hydrogens is 240 g/mol. The van der Waals surface area contributed by atoms with Crippen LogP contribution in [0.4, 0.5) is 5.69 Å². The SMILES string of the molecule is CN(CC1CCCO1)C(=O)c1ccc2c(c1)NCC2. The zero-order valence-electron chi connectivity index (χ0n) is 11.3. The van der Waals surface area contributed by atoms with Crippen LogP contribution in [-0.2, 0) is 11.2 Å². The van der Waals surface area contributed by atoms with Crippen LogP contribution < -0.4 is 5.32 Å². The maximum Gasteiger partial charge on any atom is 0.253 e. The van der Waals surface area contributed by atoms with Gasteiger partial charge in [0.2, 0.25) is 0 Å². The van der Waals surface area contributed by atoms with E-state index in [1.54, 1.807) is 4.90 Å². The minimum Gasteiger partial charge on any atom is -0.384 e. The average Bonchev–Trinajstić information content (AvgIpc) is 3.07. The van der Waals surface area contributed by atoms with Crippen LogP contribution in [0, 0.1) is 0 Å². The molecule has 1 fully saturated rings. The van der Waals surface area contributed by atoms with Crippen LogP contribution >= 0.6 is 0 Å². The second-order valence-electron chi connectivity index (χ2n) is 5.37. The number of nitrogens with zero attached hydrogens (tertiary/aromatic N) is 1. The smallest absolute Gasteiger partial charge is 0.253 e. The van der Waals surface area contributed by atoms with Gasteiger partial charge in [-0.25, -0.2) is 0 Å². The molecule has 1 saturated heterocycles. The van der Waals surface area contributed by atoms with Gasteiger partial charge >= 0.3 is 0 Å². The summed E-state index contributed by atoms with van der Waals surface area (Å²) in [6.07, 6.45) is 3.43. The Hall–Kier alpha value is -1.55. The van der Waals surface area contributed by atoms with Crippen molar-refractivity contribution < 1.29 is 9.53 Å². The zero-order valence-corrected chi connectivity index (χ0v) is 11.3. The Balaban J connectivity index is 1.68. The van der Waals surface area contributed by atoms with Gasteiger partial charge in [0.05, 0.1) is 6.10 Å². The lowest BCUT2D eigenvalue weighted by Gasteiger charge is -2.21. The molecule has 0 aromatic heterocycles. The summed E-state index contributed by atoms with van der Waals surface area (Å²) in [6, 6.07) is 5.96. The third-order valence-corrected chi connectivity index (χ3v) is 3.91. The summed E-state index contributed by atoms with van der Waals surface area (Å²) in [6.45, 7) is 2.48. The van der Waals surface area contributed by atoms with E-state index in [4.69, 9.17) is 4.74 Å². The first kappa shape index (κ1) is 12.5. The second kappa shape index (κ2) is 5.21. The molecule has 0 aliphatic carbocycles. The molecule has 19 heavy (non-hydrogen) atoms. The number of anilines is 1. The predicted octanol–water partition coefficient (Wildman–Crippen LogP) is 1.91. The summed E-state index contributed by atoms with van der Waals surface area (Å²) in [5.41, 5.74) is 3.17. The molecule has 3 rings (SSSR count). The van der Waals surface area contributed by atoms with E-state index in [1.807, 2.05) is 19.2 Å². The number of nitrogens with one attached hydrogen (secondary N) is 1. The van der Waals surface area contributed by atoms with Gasteiger partial charge in [-0.1, -0.05) is 6.07 Å². The highest BCUT2D eigenvalue weighted by atomic mass is 16.5. The minimum atomic E-state index is 0.0759. The first-order valence-corrected chi connectivity index (χ1v) is 6.98. The van der Waals surface area contributed by atoms with Crippen molar-refractivity contribution in [2.45, 2.75) is 25.4 Å². The number of fused-ring (bicyclic) bond motifs is 1. The Kier molecular flexibility index (Phi) is 3.42. The highest BCUT2D eigenvalue weighted by molar-refractivity contribution is 5.95. The van der Waals surface area contributed by atoms with E-state index < -0.39 is 0 Å². The third-order valence-electron chi connectivity index (χ3n) is 3.91. The van der Waals surface area contributed by atoms with Crippen LogP contribution in [0.5, 0.6) is 0 Å². The summed E-state index contributed by atoms with van der Waals surface area (Å²) in [7, 11) is 1.85. The van der Waals surface area contributed by atoms with Gasteiger partial charge in [0.1, 0.15) is 0 Å². The fraction of sp³-hybridized carbons (Fsp3) is 0.533. The van der Waals surface area contributed by atoms with E-state index in [-0.39, 0.29) is 12.0 Å². The molecule has 1 N–H and O–H groups in total. The van der Waals surface area contributed by atoms with Crippen LogP contribution in [0.2, 0.25) is 0 Å². The predicted molar refractivity (Wildman–Crippen MR) is 74.6 cm³/mol. The van der Waals surface area contributed by atoms with Crippen LogP contribution in [0.3, 0.4) is 0 Å². The molecule has 1 aromatic carbocycles. The van der Waals surface area contributed by atoms with Gasteiger partial charge in [-0.3, -0.25) is 4.79 Å². The van der Waals surface area contributed by atoms with Crippen LogP contribution in [0.25, 0.3) is 0 Å². The molecule has 1 unspecified atom stereocenters. The number of carbonyl (C=O) groups excluding carboxylic acids is 1. The van der Waals surface area contributed by atoms with Gasteiger partial charge in [0.25, 0.3) is 5.91 Å². The van der Waals surface area contributed by atoms with Gasteiger partial charge in [0.15, 0.2) is 0 Å². The zero-order chi connectivity index (χ0) is 13.2.